The summed E-state index contributed by atoms with van der Waals surface area (Å²) in [5.41, 5.74) is -0.185. The Morgan fingerprint density at radius 3 is 2.30 bits per heavy atom. The zero-order valence-corrected chi connectivity index (χ0v) is 10.8. The lowest BCUT2D eigenvalue weighted by Gasteiger charge is -2.09. The average Bonchev–Trinajstić information content (AvgIpc) is 2.44. The van der Waals surface area contributed by atoms with Gasteiger partial charge in [-0.2, -0.15) is 5.26 Å². The highest BCUT2D eigenvalue weighted by atomic mass is 32.2. The van der Waals surface area contributed by atoms with E-state index in [1.54, 1.807) is 0 Å². The Kier molecular flexibility index (Phi) is 3.68. The van der Waals surface area contributed by atoms with Gasteiger partial charge in [0, 0.05) is 0 Å². The fourth-order valence-electron chi connectivity index (χ4n) is 1.49. The van der Waals surface area contributed by atoms with Crippen LogP contribution in [0.5, 0.6) is 0 Å². The van der Waals surface area contributed by atoms with Gasteiger partial charge in [0.15, 0.2) is 11.6 Å². The molecule has 0 aliphatic carbocycles. The van der Waals surface area contributed by atoms with Crippen LogP contribution in [0.3, 0.4) is 0 Å². The molecular formula is C13H8F2N2O2S. The van der Waals surface area contributed by atoms with Crippen LogP contribution < -0.4 is 4.72 Å². The fourth-order valence-corrected chi connectivity index (χ4v) is 2.55. The summed E-state index contributed by atoms with van der Waals surface area (Å²) in [6, 6.07) is 10.1. The van der Waals surface area contributed by atoms with Gasteiger partial charge in [0.2, 0.25) is 0 Å². The van der Waals surface area contributed by atoms with Crippen molar-refractivity contribution in [1.82, 2.24) is 0 Å². The third-order valence-corrected chi connectivity index (χ3v) is 3.87. The minimum Gasteiger partial charge on any atom is -0.277 e. The van der Waals surface area contributed by atoms with E-state index in [9.17, 15) is 17.2 Å². The van der Waals surface area contributed by atoms with Gasteiger partial charge in [-0.05, 0) is 36.4 Å². The summed E-state index contributed by atoms with van der Waals surface area (Å²) in [5.74, 6) is -2.42. The lowest BCUT2D eigenvalue weighted by molar-refractivity contribution is 0.511. The number of halogens is 2. The van der Waals surface area contributed by atoms with Gasteiger partial charge in [-0.25, -0.2) is 17.2 Å². The molecule has 7 heteroatoms. The Bertz CT molecular complexity index is 781. The molecule has 0 bridgehead atoms. The van der Waals surface area contributed by atoms with Crippen molar-refractivity contribution in [3.8, 4) is 6.07 Å². The molecule has 0 atom stereocenters. The normalized spacial score (nSPS) is 10.8. The Morgan fingerprint density at radius 2 is 1.70 bits per heavy atom. The van der Waals surface area contributed by atoms with Crippen LogP contribution >= 0.6 is 0 Å². The molecule has 0 aromatic heterocycles. The SMILES string of the molecule is N#Cc1ccc(S(=O)(=O)Nc2cccc(F)c2F)cc1. The van der Waals surface area contributed by atoms with Crippen molar-refractivity contribution in [3.63, 3.8) is 0 Å². The van der Waals surface area contributed by atoms with Crippen molar-refractivity contribution in [1.29, 1.82) is 5.26 Å². The molecule has 0 spiro atoms. The van der Waals surface area contributed by atoms with Crippen LogP contribution in [0.2, 0.25) is 0 Å². The number of benzene rings is 2. The molecule has 0 heterocycles. The van der Waals surface area contributed by atoms with Gasteiger partial charge in [0.25, 0.3) is 10.0 Å². The smallest absolute Gasteiger partial charge is 0.261 e. The maximum Gasteiger partial charge on any atom is 0.261 e. The number of hydrogen-bond donors (Lipinski definition) is 1. The van der Waals surface area contributed by atoms with E-state index in [1.807, 2.05) is 10.8 Å². The van der Waals surface area contributed by atoms with Crippen molar-refractivity contribution in [2.24, 2.45) is 0 Å². The zero-order chi connectivity index (χ0) is 14.8. The van der Waals surface area contributed by atoms with Gasteiger partial charge >= 0.3 is 0 Å². The number of anilines is 1. The monoisotopic (exact) mass is 294 g/mol. The molecule has 20 heavy (non-hydrogen) atoms. The van der Waals surface area contributed by atoms with Crippen molar-refractivity contribution >= 4 is 15.7 Å². The zero-order valence-electron chi connectivity index (χ0n) is 9.97. The van der Waals surface area contributed by atoms with Crippen LogP contribution in [0.25, 0.3) is 0 Å². The first kappa shape index (κ1) is 14.0. The van der Waals surface area contributed by atoms with Crippen molar-refractivity contribution in [3.05, 3.63) is 59.7 Å². The minimum absolute atomic E-state index is 0.153. The van der Waals surface area contributed by atoms with Crippen LogP contribution in [0.1, 0.15) is 5.56 Å². The summed E-state index contributed by atoms with van der Waals surface area (Å²) >= 11 is 0. The Balaban J connectivity index is 2.36. The van der Waals surface area contributed by atoms with Gasteiger partial charge < -0.3 is 0 Å². The third-order valence-electron chi connectivity index (χ3n) is 2.49. The predicted molar refractivity (Wildman–Crippen MR) is 68.3 cm³/mol. The average molecular weight is 294 g/mol. The van der Waals surface area contributed by atoms with Crippen molar-refractivity contribution < 1.29 is 17.2 Å². The molecule has 4 nitrogen and oxygen atoms in total. The van der Waals surface area contributed by atoms with E-state index in [0.717, 1.165) is 12.1 Å². The summed E-state index contributed by atoms with van der Waals surface area (Å²) in [7, 11) is -4.04. The second-order valence-corrected chi connectivity index (χ2v) is 5.53. The van der Waals surface area contributed by atoms with E-state index in [2.05, 4.69) is 0 Å². The van der Waals surface area contributed by atoms with Gasteiger partial charge in [-0.3, -0.25) is 4.72 Å². The maximum absolute atomic E-state index is 13.4. The first-order chi connectivity index (χ1) is 9.44. The number of nitrogens with one attached hydrogen (secondary N) is 1. The van der Waals surface area contributed by atoms with E-state index in [-0.39, 0.29) is 4.90 Å². The summed E-state index contributed by atoms with van der Waals surface area (Å²) in [4.78, 5) is -0.153. The minimum atomic E-state index is -4.04. The third kappa shape index (κ3) is 2.75. The van der Waals surface area contributed by atoms with Crippen LogP contribution in [-0.4, -0.2) is 8.42 Å². The van der Waals surface area contributed by atoms with E-state index in [4.69, 9.17) is 5.26 Å². The van der Waals surface area contributed by atoms with E-state index >= 15 is 0 Å². The van der Waals surface area contributed by atoms with Gasteiger partial charge in [0.05, 0.1) is 22.2 Å². The molecule has 2 rings (SSSR count). The maximum atomic E-state index is 13.4. The Labute approximate surface area is 114 Å². The summed E-state index contributed by atoms with van der Waals surface area (Å²) < 4.78 is 52.3. The number of sulfonamides is 1. The van der Waals surface area contributed by atoms with Crippen molar-refractivity contribution in [2.45, 2.75) is 4.90 Å². The highest BCUT2D eigenvalue weighted by Gasteiger charge is 2.17. The summed E-state index contributed by atoms with van der Waals surface area (Å²) in [6.45, 7) is 0. The molecule has 0 unspecified atom stereocenters. The lowest BCUT2D eigenvalue weighted by Crippen LogP contribution is -2.14. The molecule has 0 fully saturated rings. The molecular weight excluding hydrogens is 286 g/mol. The molecule has 102 valence electrons. The summed E-state index contributed by atoms with van der Waals surface area (Å²) in [6.07, 6.45) is 0. The first-order valence-electron chi connectivity index (χ1n) is 5.41. The number of rotatable bonds is 3. The molecule has 0 saturated carbocycles. The van der Waals surface area contributed by atoms with Crippen LogP contribution in [0, 0.1) is 23.0 Å². The second-order valence-electron chi connectivity index (χ2n) is 3.84. The molecule has 0 aliphatic heterocycles. The molecule has 2 aromatic rings. The van der Waals surface area contributed by atoms with Gasteiger partial charge in [-0.15, -0.1) is 0 Å². The topological polar surface area (TPSA) is 70.0 Å². The first-order valence-corrected chi connectivity index (χ1v) is 6.89. The van der Waals surface area contributed by atoms with E-state index in [1.165, 1.54) is 30.3 Å². The summed E-state index contributed by atoms with van der Waals surface area (Å²) in [5, 5.41) is 8.63. The fraction of sp³-hybridized carbons (Fsp3) is 0. The van der Waals surface area contributed by atoms with Crippen LogP contribution in [0.4, 0.5) is 14.5 Å². The number of nitrogens with zero attached hydrogens (tertiary/aromatic N) is 1. The van der Waals surface area contributed by atoms with Crippen molar-refractivity contribution in [2.75, 3.05) is 4.72 Å². The van der Waals surface area contributed by atoms with E-state index in [0.29, 0.717) is 5.56 Å². The molecule has 0 saturated heterocycles. The molecule has 0 amide bonds. The molecule has 1 N–H and O–H groups in total. The second kappa shape index (κ2) is 5.27. The van der Waals surface area contributed by atoms with Gasteiger partial charge in [0.1, 0.15) is 0 Å². The van der Waals surface area contributed by atoms with Gasteiger partial charge in [-0.1, -0.05) is 6.07 Å². The molecule has 0 radical (unpaired) electrons. The Hall–Kier alpha value is -2.46. The number of hydrogen-bond acceptors (Lipinski definition) is 3. The lowest BCUT2D eigenvalue weighted by atomic mass is 10.2. The standard InChI is InChI=1S/C13H8F2N2O2S/c14-11-2-1-3-12(13(11)15)17-20(18,19)10-6-4-9(8-16)5-7-10/h1-7,17H. The highest BCUT2D eigenvalue weighted by molar-refractivity contribution is 7.92. The van der Waals surface area contributed by atoms with E-state index < -0.39 is 27.3 Å². The van der Waals surface area contributed by atoms with Crippen LogP contribution in [-0.2, 0) is 10.0 Å². The quantitative estimate of drug-likeness (QED) is 0.946. The Morgan fingerprint density at radius 1 is 1.05 bits per heavy atom. The molecule has 2 aromatic carbocycles. The highest BCUT2D eigenvalue weighted by Crippen LogP contribution is 2.21. The number of nitriles is 1. The van der Waals surface area contributed by atoms with Crippen LogP contribution in [0.15, 0.2) is 47.4 Å². The predicted octanol–water partition coefficient (Wildman–Crippen LogP) is 2.64. The largest absolute Gasteiger partial charge is 0.277 e. The molecule has 0 aliphatic rings.